The molecule has 2 fully saturated rings. The smallest absolute Gasteiger partial charge is 0.391 e. The van der Waals surface area contributed by atoms with Crippen LogP contribution in [0.15, 0.2) is 0 Å². The van der Waals surface area contributed by atoms with Crippen LogP contribution in [0.1, 0.15) is 38.5 Å². The van der Waals surface area contributed by atoms with Gasteiger partial charge in [-0.1, -0.05) is 6.42 Å². The summed E-state index contributed by atoms with van der Waals surface area (Å²) in [5, 5.41) is 12.8. The summed E-state index contributed by atoms with van der Waals surface area (Å²) in [6.07, 6.45) is -0.479. The largest absolute Gasteiger partial charge is 0.392 e. The minimum atomic E-state index is -4.06. The lowest BCUT2D eigenvalue weighted by molar-refractivity contribution is -0.183. The van der Waals surface area contributed by atoms with E-state index in [1.807, 2.05) is 0 Å². The molecule has 2 saturated carbocycles. The fourth-order valence-electron chi connectivity index (χ4n) is 2.61. The van der Waals surface area contributed by atoms with E-state index < -0.39 is 12.1 Å². The van der Waals surface area contributed by atoms with Gasteiger partial charge >= 0.3 is 6.18 Å². The van der Waals surface area contributed by atoms with Gasteiger partial charge in [0.15, 0.2) is 0 Å². The van der Waals surface area contributed by atoms with Crippen LogP contribution in [-0.4, -0.2) is 30.0 Å². The summed E-state index contributed by atoms with van der Waals surface area (Å²) in [6, 6.07) is -0.0798. The highest BCUT2D eigenvalue weighted by atomic mass is 19.4. The molecule has 5 heteroatoms. The van der Waals surface area contributed by atoms with Crippen LogP contribution < -0.4 is 5.32 Å². The van der Waals surface area contributed by atoms with Crippen molar-refractivity contribution in [3.8, 4) is 0 Å². The van der Waals surface area contributed by atoms with Crippen LogP contribution in [0.3, 0.4) is 0 Å². The molecule has 2 rings (SSSR count). The third-order valence-electron chi connectivity index (χ3n) is 3.92. The number of hydrogen-bond donors (Lipinski definition) is 2. The first-order valence-electron chi connectivity index (χ1n) is 6.45. The molecular weight excluding hydrogens is 231 g/mol. The normalized spacial score (nSPS) is 32.5. The predicted molar refractivity (Wildman–Crippen MR) is 58.5 cm³/mol. The van der Waals surface area contributed by atoms with Crippen molar-refractivity contribution in [3.05, 3.63) is 0 Å². The molecule has 0 aliphatic heterocycles. The topological polar surface area (TPSA) is 32.3 Å². The van der Waals surface area contributed by atoms with E-state index >= 15 is 0 Å². The monoisotopic (exact) mass is 251 g/mol. The fraction of sp³-hybridized carbons (Fsp3) is 1.00. The van der Waals surface area contributed by atoms with E-state index in [2.05, 4.69) is 5.32 Å². The molecule has 0 amide bonds. The molecule has 0 radical (unpaired) electrons. The highest BCUT2D eigenvalue weighted by molar-refractivity contribution is 4.86. The summed E-state index contributed by atoms with van der Waals surface area (Å²) in [6.45, 7) is 0.444. The number of nitrogens with one attached hydrogen (secondary N) is 1. The van der Waals surface area contributed by atoms with Crippen molar-refractivity contribution in [1.29, 1.82) is 0 Å². The Balaban J connectivity index is 1.73. The number of rotatable bonds is 4. The number of aliphatic hydroxyl groups is 1. The summed E-state index contributed by atoms with van der Waals surface area (Å²) in [7, 11) is 0. The van der Waals surface area contributed by atoms with Gasteiger partial charge in [-0.3, -0.25) is 0 Å². The SMILES string of the molecule is OC(CNC1CCCC(C(F)(F)F)C1)C1CC1. The van der Waals surface area contributed by atoms with Crippen molar-refractivity contribution in [1.82, 2.24) is 5.32 Å². The van der Waals surface area contributed by atoms with Gasteiger partial charge in [0, 0.05) is 12.6 Å². The van der Waals surface area contributed by atoms with Gasteiger partial charge in [-0.15, -0.1) is 0 Å². The Morgan fingerprint density at radius 3 is 2.47 bits per heavy atom. The van der Waals surface area contributed by atoms with Crippen LogP contribution in [0.2, 0.25) is 0 Å². The molecule has 2 aliphatic rings. The molecule has 0 spiro atoms. The van der Waals surface area contributed by atoms with Gasteiger partial charge in [-0.2, -0.15) is 13.2 Å². The van der Waals surface area contributed by atoms with Crippen LogP contribution in [0.5, 0.6) is 0 Å². The molecule has 17 heavy (non-hydrogen) atoms. The molecule has 3 atom stereocenters. The number of alkyl halides is 3. The van der Waals surface area contributed by atoms with E-state index in [4.69, 9.17) is 0 Å². The summed E-state index contributed by atoms with van der Waals surface area (Å²) < 4.78 is 37.7. The number of halogens is 3. The van der Waals surface area contributed by atoms with Crippen LogP contribution in [0.4, 0.5) is 13.2 Å². The minimum absolute atomic E-state index is 0.0798. The highest BCUT2D eigenvalue weighted by Crippen LogP contribution is 2.37. The molecule has 0 heterocycles. The molecule has 3 unspecified atom stereocenters. The lowest BCUT2D eigenvalue weighted by Crippen LogP contribution is -2.42. The molecule has 2 N–H and O–H groups in total. The van der Waals surface area contributed by atoms with Gasteiger partial charge in [0.25, 0.3) is 0 Å². The Morgan fingerprint density at radius 2 is 1.88 bits per heavy atom. The van der Waals surface area contributed by atoms with Gasteiger partial charge < -0.3 is 10.4 Å². The standard InChI is InChI=1S/C12H20F3NO/c13-12(14,15)9-2-1-3-10(6-9)16-7-11(17)8-4-5-8/h8-11,16-17H,1-7H2. The second kappa shape index (κ2) is 5.14. The summed E-state index contributed by atoms with van der Waals surface area (Å²) in [4.78, 5) is 0. The van der Waals surface area contributed by atoms with E-state index in [1.165, 1.54) is 0 Å². The second-order valence-electron chi connectivity index (χ2n) is 5.42. The Hall–Kier alpha value is -0.290. The van der Waals surface area contributed by atoms with Crippen molar-refractivity contribution in [2.24, 2.45) is 11.8 Å². The molecule has 0 bridgehead atoms. The van der Waals surface area contributed by atoms with Crippen molar-refractivity contribution >= 4 is 0 Å². The molecule has 2 aliphatic carbocycles. The van der Waals surface area contributed by atoms with Gasteiger partial charge in [-0.25, -0.2) is 0 Å². The first-order chi connectivity index (χ1) is 7.97. The first kappa shape index (κ1) is 13.1. The van der Waals surface area contributed by atoms with Gasteiger partial charge in [0.1, 0.15) is 0 Å². The van der Waals surface area contributed by atoms with Crippen molar-refractivity contribution in [2.45, 2.75) is 56.8 Å². The lowest BCUT2D eigenvalue weighted by atomic mass is 9.85. The minimum Gasteiger partial charge on any atom is -0.392 e. The summed E-state index contributed by atoms with van der Waals surface area (Å²) in [5.41, 5.74) is 0. The Morgan fingerprint density at radius 1 is 1.18 bits per heavy atom. The molecule has 0 aromatic heterocycles. The van der Waals surface area contributed by atoms with Crippen LogP contribution in [0, 0.1) is 11.8 Å². The van der Waals surface area contributed by atoms with E-state index in [9.17, 15) is 18.3 Å². The molecule has 0 aromatic rings. The fourth-order valence-corrected chi connectivity index (χ4v) is 2.61. The zero-order valence-corrected chi connectivity index (χ0v) is 9.84. The first-order valence-corrected chi connectivity index (χ1v) is 6.45. The van der Waals surface area contributed by atoms with E-state index in [0.717, 1.165) is 19.3 Å². The maximum Gasteiger partial charge on any atom is 0.391 e. The molecular formula is C12H20F3NO. The number of hydrogen-bond acceptors (Lipinski definition) is 2. The van der Waals surface area contributed by atoms with E-state index in [1.54, 1.807) is 0 Å². The highest BCUT2D eigenvalue weighted by Gasteiger charge is 2.42. The zero-order chi connectivity index (χ0) is 12.5. The average molecular weight is 251 g/mol. The Bertz CT molecular complexity index is 253. The van der Waals surface area contributed by atoms with Crippen molar-refractivity contribution in [3.63, 3.8) is 0 Å². The van der Waals surface area contributed by atoms with Gasteiger partial charge in [-0.05, 0) is 38.0 Å². The second-order valence-corrected chi connectivity index (χ2v) is 5.42. The maximum absolute atomic E-state index is 12.6. The summed E-state index contributed by atoms with van der Waals surface area (Å²) >= 11 is 0. The molecule has 0 saturated heterocycles. The summed E-state index contributed by atoms with van der Waals surface area (Å²) in [5.74, 6) is -0.781. The van der Waals surface area contributed by atoms with Crippen LogP contribution in [0.25, 0.3) is 0 Å². The molecule has 2 nitrogen and oxygen atoms in total. The quantitative estimate of drug-likeness (QED) is 0.804. The molecule has 0 aromatic carbocycles. The van der Waals surface area contributed by atoms with E-state index in [0.29, 0.717) is 18.9 Å². The van der Waals surface area contributed by atoms with Gasteiger partial charge in [0.2, 0.25) is 0 Å². The third kappa shape index (κ3) is 3.85. The van der Waals surface area contributed by atoms with Crippen molar-refractivity contribution in [2.75, 3.05) is 6.54 Å². The molecule has 100 valence electrons. The van der Waals surface area contributed by atoms with Gasteiger partial charge in [0.05, 0.1) is 12.0 Å². The van der Waals surface area contributed by atoms with Crippen LogP contribution >= 0.6 is 0 Å². The predicted octanol–water partition coefficient (Wildman–Crippen LogP) is 2.47. The number of aliphatic hydroxyl groups excluding tert-OH is 1. The average Bonchev–Trinajstić information content (AvgIpc) is 3.09. The van der Waals surface area contributed by atoms with E-state index in [-0.39, 0.29) is 25.0 Å². The third-order valence-corrected chi connectivity index (χ3v) is 3.92. The zero-order valence-electron chi connectivity index (χ0n) is 9.84. The van der Waals surface area contributed by atoms with Crippen LogP contribution in [-0.2, 0) is 0 Å². The Labute approximate surface area is 99.6 Å². The Kier molecular flexibility index (Phi) is 3.98. The lowest BCUT2D eigenvalue weighted by Gasteiger charge is -2.31. The van der Waals surface area contributed by atoms with Crippen molar-refractivity contribution < 1.29 is 18.3 Å². The maximum atomic E-state index is 12.6.